The van der Waals surface area contributed by atoms with Crippen molar-refractivity contribution in [3.05, 3.63) is 29.3 Å². The summed E-state index contributed by atoms with van der Waals surface area (Å²) >= 11 is 0. The Hall–Kier alpha value is -1.02. The Kier molecular flexibility index (Phi) is 3.29. The lowest BCUT2D eigenvalue weighted by molar-refractivity contribution is 0.163. The van der Waals surface area contributed by atoms with Crippen LogP contribution in [0.4, 0.5) is 5.69 Å². The van der Waals surface area contributed by atoms with Gasteiger partial charge in [-0.15, -0.1) is 0 Å². The first-order valence-electron chi connectivity index (χ1n) is 7.37. The fraction of sp³-hybridized carbons (Fsp3) is 0.625. The number of anilines is 1. The molecule has 2 aliphatic carbocycles. The van der Waals surface area contributed by atoms with Crippen molar-refractivity contribution < 1.29 is 0 Å². The minimum Gasteiger partial charge on any atom is -0.384 e. The third-order valence-electron chi connectivity index (χ3n) is 4.86. The minimum atomic E-state index is 0.385. The predicted octanol–water partition coefficient (Wildman–Crippen LogP) is 3.11. The summed E-state index contributed by atoms with van der Waals surface area (Å²) in [5, 5.41) is 3.61. The van der Waals surface area contributed by atoms with E-state index in [1.165, 1.54) is 50.6 Å². The molecule has 2 nitrogen and oxygen atoms in total. The topological polar surface area (TPSA) is 38.0 Å². The van der Waals surface area contributed by atoms with Crippen LogP contribution in [0.2, 0.25) is 0 Å². The Morgan fingerprint density at radius 3 is 2.50 bits per heavy atom. The van der Waals surface area contributed by atoms with Gasteiger partial charge >= 0.3 is 0 Å². The van der Waals surface area contributed by atoms with Crippen LogP contribution in [0, 0.1) is 5.41 Å². The summed E-state index contributed by atoms with van der Waals surface area (Å²) in [4.78, 5) is 0. The molecule has 0 bridgehead atoms. The van der Waals surface area contributed by atoms with Crippen molar-refractivity contribution in [1.82, 2.24) is 0 Å². The van der Waals surface area contributed by atoms with Crippen LogP contribution in [0.25, 0.3) is 0 Å². The van der Waals surface area contributed by atoms with E-state index in [0.29, 0.717) is 5.41 Å². The van der Waals surface area contributed by atoms with Crippen LogP contribution in [0.3, 0.4) is 0 Å². The molecule has 2 heteroatoms. The van der Waals surface area contributed by atoms with Crippen molar-refractivity contribution in [1.29, 1.82) is 0 Å². The van der Waals surface area contributed by atoms with Crippen LogP contribution >= 0.6 is 0 Å². The van der Waals surface area contributed by atoms with E-state index in [0.717, 1.165) is 13.1 Å². The van der Waals surface area contributed by atoms with E-state index in [-0.39, 0.29) is 0 Å². The molecule has 18 heavy (non-hydrogen) atoms. The fourth-order valence-corrected chi connectivity index (χ4v) is 3.26. The maximum absolute atomic E-state index is 5.90. The van der Waals surface area contributed by atoms with Gasteiger partial charge in [-0.1, -0.05) is 12.5 Å². The highest BCUT2D eigenvalue weighted by Crippen LogP contribution is 2.40. The van der Waals surface area contributed by atoms with Crippen molar-refractivity contribution in [2.45, 2.75) is 44.9 Å². The molecule has 0 amide bonds. The van der Waals surface area contributed by atoms with E-state index >= 15 is 0 Å². The molecular weight excluding hydrogens is 220 g/mol. The highest BCUT2D eigenvalue weighted by Gasteiger charge is 2.35. The van der Waals surface area contributed by atoms with Gasteiger partial charge in [0.1, 0.15) is 0 Å². The zero-order valence-corrected chi connectivity index (χ0v) is 11.2. The van der Waals surface area contributed by atoms with Crippen LogP contribution < -0.4 is 11.1 Å². The van der Waals surface area contributed by atoms with E-state index in [1.807, 2.05) is 0 Å². The second kappa shape index (κ2) is 4.93. The largest absolute Gasteiger partial charge is 0.384 e. The molecule has 0 spiro atoms. The molecule has 0 aliphatic heterocycles. The number of hydrogen-bond donors (Lipinski definition) is 2. The molecule has 1 aromatic carbocycles. The zero-order valence-electron chi connectivity index (χ0n) is 11.2. The van der Waals surface area contributed by atoms with Crippen LogP contribution in [-0.4, -0.2) is 13.1 Å². The highest BCUT2D eigenvalue weighted by molar-refractivity contribution is 5.49. The molecule has 98 valence electrons. The summed E-state index contributed by atoms with van der Waals surface area (Å²) in [6.07, 6.45) is 9.17. The van der Waals surface area contributed by atoms with Crippen LogP contribution in [-0.2, 0) is 12.8 Å². The molecule has 0 heterocycles. The molecule has 3 rings (SSSR count). The van der Waals surface area contributed by atoms with Crippen molar-refractivity contribution in [2.24, 2.45) is 11.1 Å². The van der Waals surface area contributed by atoms with Gasteiger partial charge in [-0.3, -0.25) is 0 Å². The number of hydrogen-bond acceptors (Lipinski definition) is 2. The monoisotopic (exact) mass is 244 g/mol. The van der Waals surface area contributed by atoms with Gasteiger partial charge in [-0.25, -0.2) is 0 Å². The van der Waals surface area contributed by atoms with Crippen molar-refractivity contribution in [3.8, 4) is 0 Å². The number of aryl methyl sites for hydroxylation is 2. The third-order valence-corrected chi connectivity index (χ3v) is 4.86. The maximum atomic E-state index is 5.90. The Bertz CT molecular complexity index is 416. The van der Waals surface area contributed by atoms with Gasteiger partial charge < -0.3 is 11.1 Å². The Morgan fingerprint density at radius 2 is 1.83 bits per heavy atom. The summed E-state index contributed by atoms with van der Waals surface area (Å²) in [5.41, 5.74) is 10.7. The molecule has 0 atom stereocenters. The average molecular weight is 244 g/mol. The van der Waals surface area contributed by atoms with Gasteiger partial charge in [0, 0.05) is 12.2 Å². The molecule has 0 radical (unpaired) electrons. The minimum absolute atomic E-state index is 0.385. The summed E-state index contributed by atoms with van der Waals surface area (Å²) in [6, 6.07) is 6.91. The second-order valence-electron chi connectivity index (χ2n) is 6.10. The first kappa shape index (κ1) is 12.0. The summed E-state index contributed by atoms with van der Waals surface area (Å²) < 4.78 is 0. The van der Waals surface area contributed by atoms with Gasteiger partial charge in [0.2, 0.25) is 0 Å². The van der Waals surface area contributed by atoms with Crippen LogP contribution in [0.5, 0.6) is 0 Å². The van der Waals surface area contributed by atoms with Gasteiger partial charge in [-0.2, -0.15) is 0 Å². The first-order valence-corrected chi connectivity index (χ1v) is 7.37. The lowest BCUT2D eigenvalue weighted by atomic mass is 9.69. The molecule has 2 aliphatic rings. The lowest BCUT2D eigenvalue weighted by Crippen LogP contribution is -2.42. The van der Waals surface area contributed by atoms with Gasteiger partial charge in [0.25, 0.3) is 0 Å². The number of nitrogens with one attached hydrogen (secondary N) is 1. The molecular formula is C16H24N2. The second-order valence-corrected chi connectivity index (χ2v) is 6.10. The van der Waals surface area contributed by atoms with E-state index in [2.05, 4.69) is 23.5 Å². The summed E-state index contributed by atoms with van der Waals surface area (Å²) in [7, 11) is 0. The Labute approximate surface area is 110 Å². The van der Waals surface area contributed by atoms with E-state index in [4.69, 9.17) is 5.73 Å². The predicted molar refractivity (Wildman–Crippen MR) is 76.9 cm³/mol. The smallest absolute Gasteiger partial charge is 0.0343 e. The number of rotatable bonds is 4. The lowest BCUT2D eigenvalue weighted by Gasteiger charge is -2.41. The molecule has 0 unspecified atom stereocenters. The number of benzene rings is 1. The van der Waals surface area contributed by atoms with E-state index in [9.17, 15) is 0 Å². The van der Waals surface area contributed by atoms with E-state index < -0.39 is 0 Å². The van der Waals surface area contributed by atoms with Gasteiger partial charge in [0.05, 0.1) is 0 Å². The van der Waals surface area contributed by atoms with Crippen molar-refractivity contribution in [3.63, 3.8) is 0 Å². The zero-order chi connectivity index (χ0) is 12.4. The van der Waals surface area contributed by atoms with Crippen LogP contribution in [0.1, 0.15) is 43.2 Å². The summed E-state index contributed by atoms with van der Waals surface area (Å²) in [6.45, 7) is 1.87. The number of nitrogens with two attached hydrogens (primary N) is 1. The third kappa shape index (κ3) is 2.26. The van der Waals surface area contributed by atoms with Crippen molar-refractivity contribution in [2.75, 3.05) is 18.4 Å². The summed E-state index contributed by atoms with van der Waals surface area (Å²) in [5.74, 6) is 0. The molecule has 1 saturated carbocycles. The molecule has 0 aromatic heterocycles. The van der Waals surface area contributed by atoms with Crippen LogP contribution in [0.15, 0.2) is 18.2 Å². The van der Waals surface area contributed by atoms with Gasteiger partial charge in [0.15, 0.2) is 0 Å². The Morgan fingerprint density at radius 1 is 1.06 bits per heavy atom. The normalized spacial score (nSPS) is 20.9. The quantitative estimate of drug-likeness (QED) is 0.854. The number of fused-ring (bicyclic) bond motifs is 1. The van der Waals surface area contributed by atoms with Crippen molar-refractivity contribution >= 4 is 5.69 Å². The molecule has 1 fully saturated rings. The highest BCUT2D eigenvalue weighted by atomic mass is 14.9. The maximum Gasteiger partial charge on any atom is 0.0343 e. The molecule has 1 aromatic rings. The molecule has 3 N–H and O–H groups in total. The van der Waals surface area contributed by atoms with Gasteiger partial charge in [-0.05, 0) is 73.7 Å². The average Bonchev–Trinajstić information content (AvgIpc) is 2.38. The SMILES string of the molecule is NCC1(CNc2ccc3c(c2)CCCC3)CCC1. The molecule has 0 saturated heterocycles. The Balaban J connectivity index is 1.66. The first-order chi connectivity index (χ1) is 8.81. The van der Waals surface area contributed by atoms with E-state index in [1.54, 1.807) is 11.1 Å². The standard InChI is InChI=1S/C16H24N2/c17-11-16(8-3-9-16)12-18-15-7-6-13-4-1-2-5-14(13)10-15/h6-7,10,18H,1-5,8-9,11-12,17H2. The fourth-order valence-electron chi connectivity index (χ4n) is 3.26.